The number of nitrogens with one attached hydrogen (secondary N) is 1. The van der Waals surface area contributed by atoms with Gasteiger partial charge in [-0.25, -0.2) is 4.79 Å². The van der Waals surface area contributed by atoms with Gasteiger partial charge in [-0.3, -0.25) is 4.90 Å². The first-order valence-corrected chi connectivity index (χ1v) is 8.94. The predicted molar refractivity (Wildman–Crippen MR) is 101 cm³/mol. The van der Waals surface area contributed by atoms with Gasteiger partial charge >= 0.3 is 6.03 Å². The number of fused-ring (bicyclic) bond motifs is 1. The lowest BCUT2D eigenvalue weighted by Gasteiger charge is -2.25. The first-order chi connectivity index (χ1) is 12.1. The van der Waals surface area contributed by atoms with Crippen LogP contribution in [-0.2, 0) is 6.42 Å². The van der Waals surface area contributed by atoms with Crippen LogP contribution in [0.15, 0.2) is 54.6 Å². The van der Waals surface area contributed by atoms with Crippen LogP contribution < -0.4 is 10.2 Å². The number of carbonyl (C=O) groups excluding carboxylic acids is 1. The van der Waals surface area contributed by atoms with Crippen molar-refractivity contribution in [2.45, 2.75) is 44.8 Å². The van der Waals surface area contributed by atoms with Crippen LogP contribution in [0, 0.1) is 0 Å². The van der Waals surface area contributed by atoms with Crippen molar-refractivity contribution in [1.82, 2.24) is 5.32 Å². The lowest BCUT2D eigenvalue weighted by atomic mass is 9.93. The summed E-state index contributed by atoms with van der Waals surface area (Å²) in [6.45, 7) is 4.37. The smallest absolute Gasteiger partial charge is 0.322 e. The van der Waals surface area contributed by atoms with Gasteiger partial charge in [0, 0.05) is 24.2 Å². The molecular weight excluding hydrogens is 312 g/mol. The van der Waals surface area contributed by atoms with Gasteiger partial charge in [-0.15, -0.1) is 0 Å². The molecule has 3 atom stereocenters. The molecule has 3 rings (SSSR count). The van der Waals surface area contributed by atoms with E-state index in [2.05, 4.69) is 18.3 Å². The number of rotatable bonds is 5. The molecule has 1 aliphatic rings. The lowest BCUT2D eigenvalue weighted by molar-refractivity contribution is 0.173. The number of benzene rings is 2. The van der Waals surface area contributed by atoms with Gasteiger partial charge in [0.2, 0.25) is 0 Å². The molecular formula is C21H26N2O2. The molecule has 0 aromatic heterocycles. The van der Waals surface area contributed by atoms with Crippen LogP contribution in [-0.4, -0.2) is 29.8 Å². The molecule has 0 fully saturated rings. The number of urea groups is 1. The predicted octanol–water partition coefficient (Wildman–Crippen LogP) is 3.70. The lowest BCUT2D eigenvalue weighted by Crippen LogP contribution is -2.44. The summed E-state index contributed by atoms with van der Waals surface area (Å²) in [6, 6.07) is 18.2. The summed E-state index contributed by atoms with van der Waals surface area (Å²) >= 11 is 0. The van der Waals surface area contributed by atoms with E-state index in [1.54, 1.807) is 6.92 Å². The van der Waals surface area contributed by atoms with Gasteiger partial charge in [0.15, 0.2) is 0 Å². The average Bonchev–Trinajstić information content (AvgIpc) is 2.94. The highest BCUT2D eigenvalue weighted by Gasteiger charge is 2.30. The Morgan fingerprint density at radius 1 is 1.20 bits per heavy atom. The fourth-order valence-corrected chi connectivity index (χ4v) is 3.64. The SMILES string of the molecule is CC(O)CC(CNC(=O)N1c2ccccc2CC1C)c1ccccc1. The van der Waals surface area contributed by atoms with Gasteiger partial charge in [-0.05, 0) is 43.9 Å². The fraction of sp³-hybridized carbons (Fsp3) is 0.381. The Morgan fingerprint density at radius 3 is 2.60 bits per heavy atom. The van der Waals surface area contributed by atoms with Gasteiger partial charge in [0.25, 0.3) is 0 Å². The number of para-hydroxylation sites is 1. The van der Waals surface area contributed by atoms with E-state index >= 15 is 0 Å². The summed E-state index contributed by atoms with van der Waals surface area (Å²) in [5.41, 5.74) is 3.35. The number of nitrogens with zero attached hydrogens (tertiary/aromatic N) is 1. The van der Waals surface area contributed by atoms with E-state index in [9.17, 15) is 9.90 Å². The van der Waals surface area contributed by atoms with Crippen molar-refractivity contribution in [3.05, 3.63) is 65.7 Å². The van der Waals surface area contributed by atoms with Crippen molar-refractivity contribution in [2.24, 2.45) is 0 Å². The molecule has 25 heavy (non-hydrogen) atoms. The molecule has 0 spiro atoms. The van der Waals surface area contributed by atoms with Crippen LogP contribution in [0.4, 0.5) is 10.5 Å². The first-order valence-electron chi connectivity index (χ1n) is 8.94. The fourth-order valence-electron chi connectivity index (χ4n) is 3.64. The van der Waals surface area contributed by atoms with Gasteiger partial charge in [0.1, 0.15) is 0 Å². The van der Waals surface area contributed by atoms with Crippen molar-refractivity contribution in [3.8, 4) is 0 Å². The molecule has 0 radical (unpaired) electrons. The van der Waals surface area contributed by atoms with E-state index < -0.39 is 6.10 Å². The molecule has 2 aromatic rings. The summed E-state index contributed by atoms with van der Waals surface area (Å²) in [4.78, 5) is 14.6. The minimum Gasteiger partial charge on any atom is -0.393 e. The van der Waals surface area contributed by atoms with E-state index in [1.165, 1.54) is 5.56 Å². The summed E-state index contributed by atoms with van der Waals surface area (Å²) < 4.78 is 0. The molecule has 0 aliphatic carbocycles. The number of anilines is 1. The van der Waals surface area contributed by atoms with E-state index in [1.807, 2.05) is 53.4 Å². The van der Waals surface area contributed by atoms with Gasteiger partial charge in [-0.2, -0.15) is 0 Å². The molecule has 2 aromatic carbocycles. The van der Waals surface area contributed by atoms with Crippen LogP contribution in [0.5, 0.6) is 0 Å². The highest BCUT2D eigenvalue weighted by molar-refractivity contribution is 5.94. The van der Waals surface area contributed by atoms with Crippen molar-refractivity contribution in [3.63, 3.8) is 0 Å². The molecule has 3 unspecified atom stereocenters. The van der Waals surface area contributed by atoms with E-state index in [4.69, 9.17) is 0 Å². The molecule has 1 aliphatic heterocycles. The molecule has 132 valence electrons. The summed E-state index contributed by atoms with van der Waals surface area (Å²) in [7, 11) is 0. The minimum atomic E-state index is -0.409. The Kier molecular flexibility index (Phi) is 5.39. The monoisotopic (exact) mass is 338 g/mol. The molecule has 2 amide bonds. The van der Waals surface area contributed by atoms with Crippen LogP contribution in [0.3, 0.4) is 0 Å². The first kappa shape index (κ1) is 17.5. The number of hydrogen-bond donors (Lipinski definition) is 2. The molecule has 0 saturated carbocycles. The third-order valence-corrected chi connectivity index (χ3v) is 4.82. The van der Waals surface area contributed by atoms with Crippen LogP contribution in [0.25, 0.3) is 0 Å². The molecule has 4 nitrogen and oxygen atoms in total. The number of amides is 2. The van der Waals surface area contributed by atoms with Crippen molar-refractivity contribution < 1.29 is 9.90 Å². The van der Waals surface area contributed by atoms with E-state index in [-0.39, 0.29) is 18.0 Å². The number of aliphatic hydroxyl groups is 1. The molecule has 1 heterocycles. The zero-order chi connectivity index (χ0) is 17.8. The average molecular weight is 338 g/mol. The Balaban J connectivity index is 1.70. The number of hydrogen-bond acceptors (Lipinski definition) is 2. The topological polar surface area (TPSA) is 52.6 Å². The molecule has 2 N–H and O–H groups in total. The number of carbonyl (C=O) groups is 1. The Labute approximate surface area is 149 Å². The molecule has 0 bridgehead atoms. The highest BCUT2D eigenvalue weighted by Crippen LogP contribution is 2.31. The second-order valence-corrected chi connectivity index (χ2v) is 6.93. The zero-order valence-corrected chi connectivity index (χ0v) is 14.9. The second-order valence-electron chi connectivity index (χ2n) is 6.93. The van der Waals surface area contributed by atoms with Gasteiger partial charge in [0.05, 0.1) is 6.10 Å². The van der Waals surface area contributed by atoms with Crippen molar-refractivity contribution >= 4 is 11.7 Å². The minimum absolute atomic E-state index is 0.0658. The van der Waals surface area contributed by atoms with Crippen LogP contribution >= 0.6 is 0 Å². The summed E-state index contributed by atoms with van der Waals surface area (Å²) in [5.74, 6) is 0.0957. The molecule has 0 saturated heterocycles. The maximum Gasteiger partial charge on any atom is 0.322 e. The zero-order valence-electron chi connectivity index (χ0n) is 14.9. The van der Waals surface area contributed by atoms with Crippen LogP contribution in [0.1, 0.15) is 37.3 Å². The van der Waals surface area contributed by atoms with Gasteiger partial charge < -0.3 is 10.4 Å². The van der Waals surface area contributed by atoms with Gasteiger partial charge in [-0.1, -0.05) is 48.5 Å². The largest absolute Gasteiger partial charge is 0.393 e. The quantitative estimate of drug-likeness (QED) is 0.873. The third-order valence-electron chi connectivity index (χ3n) is 4.82. The standard InChI is InChI=1S/C21H26N2O2/c1-15-12-18-10-6-7-11-20(18)23(15)21(25)22-14-19(13-16(2)24)17-8-4-3-5-9-17/h3-11,15-16,19,24H,12-14H2,1-2H3,(H,22,25). The Morgan fingerprint density at radius 2 is 1.88 bits per heavy atom. The Bertz CT molecular complexity index is 715. The van der Waals surface area contributed by atoms with E-state index in [0.29, 0.717) is 13.0 Å². The highest BCUT2D eigenvalue weighted by atomic mass is 16.3. The second kappa shape index (κ2) is 7.70. The third kappa shape index (κ3) is 4.02. The Hall–Kier alpha value is -2.33. The van der Waals surface area contributed by atoms with E-state index in [0.717, 1.165) is 17.7 Å². The van der Waals surface area contributed by atoms with Crippen molar-refractivity contribution in [1.29, 1.82) is 0 Å². The summed E-state index contributed by atoms with van der Waals surface area (Å²) in [5, 5.41) is 12.9. The maximum absolute atomic E-state index is 12.8. The normalized spacial score (nSPS) is 18.5. The maximum atomic E-state index is 12.8. The van der Waals surface area contributed by atoms with Crippen LogP contribution in [0.2, 0.25) is 0 Å². The number of aliphatic hydroxyl groups excluding tert-OH is 1. The van der Waals surface area contributed by atoms with Crippen molar-refractivity contribution in [2.75, 3.05) is 11.4 Å². The summed E-state index contributed by atoms with van der Waals surface area (Å²) in [6.07, 6.45) is 1.10. The molecule has 4 heteroatoms.